The topological polar surface area (TPSA) is 81.5 Å². The van der Waals surface area contributed by atoms with E-state index < -0.39 is 11.6 Å². The van der Waals surface area contributed by atoms with Gasteiger partial charge in [0.25, 0.3) is 0 Å². The molecule has 16 heavy (non-hydrogen) atoms. The third kappa shape index (κ3) is 1.34. The van der Waals surface area contributed by atoms with E-state index in [1.165, 1.54) is 13.4 Å². The predicted molar refractivity (Wildman–Crippen MR) is 52.6 cm³/mol. The third-order valence-corrected chi connectivity index (χ3v) is 2.69. The number of hydrogen-bond donors (Lipinski definition) is 1. The summed E-state index contributed by atoms with van der Waals surface area (Å²) in [5.74, 6) is -0.354. The van der Waals surface area contributed by atoms with Crippen LogP contribution in [0, 0.1) is 0 Å². The highest BCUT2D eigenvalue weighted by Gasteiger charge is 2.45. The highest BCUT2D eigenvalue weighted by molar-refractivity contribution is 5.82. The lowest BCUT2D eigenvalue weighted by molar-refractivity contribution is -0.172. The van der Waals surface area contributed by atoms with E-state index in [-0.39, 0.29) is 18.7 Å². The van der Waals surface area contributed by atoms with Gasteiger partial charge >= 0.3 is 5.97 Å². The number of methoxy groups -OCH3 is 1. The van der Waals surface area contributed by atoms with Crippen LogP contribution in [0.2, 0.25) is 0 Å². The SMILES string of the molecule is CC[C@@]1(O)C(=O)OCc2c(OC)ncnc21. The number of aromatic nitrogens is 2. The molecule has 86 valence electrons. The number of cyclic esters (lactones) is 1. The largest absolute Gasteiger partial charge is 0.481 e. The molecule has 2 heterocycles. The van der Waals surface area contributed by atoms with E-state index in [2.05, 4.69) is 9.97 Å². The van der Waals surface area contributed by atoms with E-state index >= 15 is 0 Å². The first-order valence-corrected chi connectivity index (χ1v) is 4.91. The molecule has 1 aromatic rings. The Kier molecular flexibility index (Phi) is 2.51. The first-order valence-electron chi connectivity index (χ1n) is 4.91. The second-order valence-electron chi connectivity index (χ2n) is 3.50. The van der Waals surface area contributed by atoms with Crippen LogP contribution in [0.1, 0.15) is 24.6 Å². The second kappa shape index (κ2) is 3.71. The van der Waals surface area contributed by atoms with Crippen LogP contribution in [0.4, 0.5) is 0 Å². The number of esters is 1. The molecule has 0 saturated carbocycles. The Morgan fingerprint density at radius 1 is 1.62 bits per heavy atom. The molecule has 6 heteroatoms. The predicted octanol–water partition coefficient (Wildman–Crippen LogP) is 0.140. The monoisotopic (exact) mass is 224 g/mol. The van der Waals surface area contributed by atoms with Crippen molar-refractivity contribution in [2.24, 2.45) is 0 Å². The van der Waals surface area contributed by atoms with Crippen molar-refractivity contribution in [3.63, 3.8) is 0 Å². The van der Waals surface area contributed by atoms with Gasteiger partial charge in [0.1, 0.15) is 12.9 Å². The molecule has 0 aromatic carbocycles. The lowest BCUT2D eigenvalue weighted by atomic mass is 9.91. The van der Waals surface area contributed by atoms with Gasteiger partial charge < -0.3 is 14.6 Å². The summed E-state index contributed by atoms with van der Waals surface area (Å²) in [7, 11) is 1.46. The summed E-state index contributed by atoms with van der Waals surface area (Å²) in [5.41, 5.74) is -0.892. The van der Waals surface area contributed by atoms with Gasteiger partial charge in [0.15, 0.2) is 0 Å². The van der Waals surface area contributed by atoms with Gasteiger partial charge in [-0.3, -0.25) is 0 Å². The van der Waals surface area contributed by atoms with Crippen molar-refractivity contribution in [3.05, 3.63) is 17.6 Å². The molecule has 0 bridgehead atoms. The van der Waals surface area contributed by atoms with Crippen molar-refractivity contribution in [1.82, 2.24) is 9.97 Å². The maximum absolute atomic E-state index is 11.5. The fraction of sp³-hybridized carbons (Fsp3) is 0.500. The zero-order chi connectivity index (χ0) is 11.8. The highest BCUT2D eigenvalue weighted by atomic mass is 16.6. The van der Waals surface area contributed by atoms with Gasteiger partial charge in [0, 0.05) is 0 Å². The van der Waals surface area contributed by atoms with Gasteiger partial charge in [0.2, 0.25) is 11.5 Å². The molecule has 0 fully saturated rings. The Morgan fingerprint density at radius 3 is 3.00 bits per heavy atom. The lowest BCUT2D eigenvalue weighted by Crippen LogP contribution is -2.42. The molecule has 0 radical (unpaired) electrons. The summed E-state index contributed by atoms with van der Waals surface area (Å²) in [6, 6.07) is 0. The van der Waals surface area contributed by atoms with Crippen molar-refractivity contribution < 1.29 is 19.4 Å². The molecular weight excluding hydrogens is 212 g/mol. The van der Waals surface area contributed by atoms with Crippen LogP contribution < -0.4 is 4.74 Å². The zero-order valence-corrected chi connectivity index (χ0v) is 9.06. The number of nitrogens with zero attached hydrogens (tertiary/aromatic N) is 2. The normalized spacial score (nSPS) is 23.6. The summed E-state index contributed by atoms with van der Waals surface area (Å²) in [6.07, 6.45) is 1.45. The minimum Gasteiger partial charge on any atom is -0.481 e. The zero-order valence-electron chi connectivity index (χ0n) is 9.06. The molecule has 0 aliphatic carbocycles. The molecule has 1 atom stereocenters. The number of rotatable bonds is 2. The van der Waals surface area contributed by atoms with Gasteiger partial charge in [0.05, 0.1) is 18.4 Å². The van der Waals surface area contributed by atoms with E-state index in [1.54, 1.807) is 6.92 Å². The van der Waals surface area contributed by atoms with Crippen LogP contribution >= 0.6 is 0 Å². The van der Waals surface area contributed by atoms with E-state index in [9.17, 15) is 9.90 Å². The minimum atomic E-state index is -1.69. The second-order valence-corrected chi connectivity index (χ2v) is 3.50. The number of fused-ring (bicyclic) bond motifs is 1. The average molecular weight is 224 g/mol. The third-order valence-electron chi connectivity index (χ3n) is 2.69. The number of ether oxygens (including phenoxy) is 2. The van der Waals surface area contributed by atoms with Crippen molar-refractivity contribution in [2.45, 2.75) is 25.6 Å². The van der Waals surface area contributed by atoms with Crippen LogP contribution in [-0.2, 0) is 21.7 Å². The molecule has 6 nitrogen and oxygen atoms in total. The Hall–Kier alpha value is -1.69. The van der Waals surface area contributed by atoms with E-state index in [4.69, 9.17) is 9.47 Å². The van der Waals surface area contributed by atoms with E-state index in [0.717, 1.165) is 0 Å². The van der Waals surface area contributed by atoms with Gasteiger partial charge in [-0.25, -0.2) is 14.8 Å². The van der Waals surface area contributed by atoms with Gasteiger partial charge in [-0.15, -0.1) is 0 Å². The lowest BCUT2D eigenvalue weighted by Gasteiger charge is -2.30. The van der Waals surface area contributed by atoms with Crippen LogP contribution in [0.5, 0.6) is 5.88 Å². The van der Waals surface area contributed by atoms with Crippen LogP contribution in [0.25, 0.3) is 0 Å². The number of hydrogen-bond acceptors (Lipinski definition) is 6. The van der Waals surface area contributed by atoms with E-state index in [0.29, 0.717) is 11.4 Å². The fourth-order valence-electron chi connectivity index (χ4n) is 1.72. The van der Waals surface area contributed by atoms with Gasteiger partial charge in [-0.2, -0.15) is 0 Å². The average Bonchev–Trinajstić information content (AvgIpc) is 2.33. The van der Waals surface area contributed by atoms with Crippen molar-refractivity contribution in [3.8, 4) is 5.88 Å². The fourth-order valence-corrected chi connectivity index (χ4v) is 1.72. The standard InChI is InChI=1S/C10H12N2O4/c1-3-10(14)7-6(4-16-9(10)13)8(15-2)12-5-11-7/h5,14H,3-4H2,1-2H3/t10-/m0/s1. The first-order chi connectivity index (χ1) is 7.63. The summed E-state index contributed by atoms with van der Waals surface area (Å²) < 4.78 is 9.94. The maximum Gasteiger partial charge on any atom is 0.344 e. The first kappa shape index (κ1) is 10.8. The van der Waals surface area contributed by atoms with Crippen molar-refractivity contribution in [1.29, 1.82) is 0 Å². The van der Waals surface area contributed by atoms with E-state index in [1.807, 2.05) is 0 Å². The Balaban J connectivity index is 2.61. The number of carbonyl (C=O) groups excluding carboxylic acids is 1. The summed E-state index contributed by atoms with van der Waals surface area (Å²) in [5, 5.41) is 10.2. The summed E-state index contributed by atoms with van der Waals surface area (Å²) >= 11 is 0. The summed E-state index contributed by atoms with van der Waals surface area (Å²) in [6.45, 7) is 1.71. The molecule has 1 aromatic heterocycles. The molecule has 1 aliphatic rings. The molecule has 0 unspecified atom stereocenters. The molecular formula is C10H12N2O4. The molecule has 0 spiro atoms. The highest BCUT2D eigenvalue weighted by Crippen LogP contribution is 2.35. The van der Waals surface area contributed by atoms with Gasteiger partial charge in [-0.05, 0) is 6.42 Å². The van der Waals surface area contributed by atoms with Crippen LogP contribution in [-0.4, -0.2) is 28.2 Å². The maximum atomic E-state index is 11.5. The number of aliphatic hydroxyl groups is 1. The molecule has 1 aliphatic heterocycles. The molecule has 0 saturated heterocycles. The Bertz CT molecular complexity index is 435. The number of carbonyl (C=O) groups is 1. The van der Waals surface area contributed by atoms with Gasteiger partial charge in [-0.1, -0.05) is 6.92 Å². The summed E-state index contributed by atoms with van der Waals surface area (Å²) in [4.78, 5) is 19.4. The van der Waals surface area contributed by atoms with Crippen LogP contribution in [0.3, 0.4) is 0 Å². The Morgan fingerprint density at radius 2 is 2.38 bits per heavy atom. The van der Waals surface area contributed by atoms with Crippen molar-refractivity contribution in [2.75, 3.05) is 7.11 Å². The molecule has 1 N–H and O–H groups in total. The molecule has 2 rings (SSSR count). The molecule has 0 amide bonds. The minimum absolute atomic E-state index is 0.0283. The quantitative estimate of drug-likeness (QED) is 0.719. The Labute approximate surface area is 92.2 Å². The van der Waals surface area contributed by atoms with Crippen molar-refractivity contribution >= 4 is 5.97 Å². The smallest absolute Gasteiger partial charge is 0.344 e. The van der Waals surface area contributed by atoms with Crippen LogP contribution in [0.15, 0.2) is 6.33 Å².